The molecule has 0 spiro atoms. The lowest BCUT2D eigenvalue weighted by molar-refractivity contribution is 0.441. The molecule has 0 unspecified atom stereocenters. The van der Waals surface area contributed by atoms with E-state index in [4.69, 9.17) is 5.73 Å². The second kappa shape index (κ2) is 6.21. The van der Waals surface area contributed by atoms with Gasteiger partial charge in [-0.1, -0.05) is 19.1 Å². The lowest BCUT2D eigenvalue weighted by atomic mass is 10.1. The van der Waals surface area contributed by atoms with Gasteiger partial charge in [0.15, 0.2) is 0 Å². The minimum atomic E-state index is -3.57. The van der Waals surface area contributed by atoms with Crippen LogP contribution in [-0.2, 0) is 10.0 Å². The van der Waals surface area contributed by atoms with Crippen molar-refractivity contribution in [3.05, 3.63) is 35.9 Å². The zero-order valence-corrected chi connectivity index (χ0v) is 12.6. The molecule has 0 saturated carbocycles. The van der Waals surface area contributed by atoms with Gasteiger partial charge in [-0.25, -0.2) is 8.42 Å². The quantitative estimate of drug-likeness (QED) is 0.644. The van der Waals surface area contributed by atoms with E-state index in [1.807, 2.05) is 19.9 Å². The predicted octanol–water partition coefficient (Wildman–Crippen LogP) is 2.47. The molecule has 0 aromatic heterocycles. The van der Waals surface area contributed by atoms with Crippen LogP contribution in [0.5, 0.6) is 0 Å². The van der Waals surface area contributed by atoms with E-state index in [0.717, 1.165) is 12.0 Å². The molecule has 0 fully saturated rings. The monoisotopic (exact) mass is 282 g/mol. The van der Waals surface area contributed by atoms with E-state index >= 15 is 0 Å². The Bertz CT molecular complexity index is 565. The summed E-state index contributed by atoms with van der Waals surface area (Å²) in [6.45, 7) is 9.98. The third-order valence-electron chi connectivity index (χ3n) is 3.11. The van der Waals surface area contributed by atoms with Crippen molar-refractivity contribution in [3.8, 4) is 0 Å². The number of anilines is 1. The Labute approximate surface area is 116 Å². The molecule has 0 heterocycles. The zero-order chi connectivity index (χ0) is 14.6. The average Bonchev–Trinajstić information content (AvgIpc) is 2.34. The summed E-state index contributed by atoms with van der Waals surface area (Å²) in [4.78, 5) is 0.225. The average molecular weight is 282 g/mol. The molecule has 0 aliphatic heterocycles. The van der Waals surface area contributed by atoms with E-state index in [1.54, 1.807) is 19.1 Å². The molecule has 0 bridgehead atoms. The molecule has 0 aliphatic rings. The molecule has 19 heavy (non-hydrogen) atoms. The molecule has 0 atom stereocenters. The summed E-state index contributed by atoms with van der Waals surface area (Å²) < 4.78 is 26.8. The molecule has 0 amide bonds. The number of aryl methyl sites for hydroxylation is 1. The highest BCUT2D eigenvalue weighted by Gasteiger charge is 2.27. The summed E-state index contributed by atoms with van der Waals surface area (Å²) in [5, 5.41) is 0. The van der Waals surface area contributed by atoms with Gasteiger partial charge < -0.3 is 5.73 Å². The van der Waals surface area contributed by atoms with Crippen molar-refractivity contribution in [2.24, 2.45) is 0 Å². The Morgan fingerprint density at radius 3 is 2.53 bits per heavy atom. The Kier molecular flexibility index (Phi) is 5.14. The Morgan fingerprint density at radius 2 is 2.00 bits per heavy atom. The fraction of sp³-hybridized carbons (Fsp3) is 0.429. The number of benzene rings is 1. The smallest absolute Gasteiger partial charge is 0.245 e. The first kappa shape index (κ1) is 15.7. The topological polar surface area (TPSA) is 63.4 Å². The van der Waals surface area contributed by atoms with Crippen LogP contribution in [0.25, 0.3) is 0 Å². The molecule has 5 heteroatoms. The maximum absolute atomic E-state index is 12.7. The first-order valence-electron chi connectivity index (χ1n) is 6.33. The number of nitrogens with two attached hydrogens (primary N) is 1. The van der Waals surface area contributed by atoms with Gasteiger partial charge in [-0.15, -0.1) is 6.58 Å². The fourth-order valence-corrected chi connectivity index (χ4v) is 3.88. The second-order valence-corrected chi connectivity index (χ2v) is 6.45. The van der Waals surface area contributed by atoms with Crippen molar-refractivity contribution >= 4 is 15.7 Å². The van der Waals surface area contributed by atoms with Gasteiger partial charge in [-0.3, -0.25) is 0 Å². The van der Waals surface area contributed by atoms with Crippen molar-refractivity contribution in [1.82, 2.24) is 4.31 Å². The number of nitrogens with zero attached hydrogens (tertiary/aromatic N) is 1. The third kappa shape index (κ3) is 3.16. The van der Waals surface area contributed by atoms with Crippen LogP contribution in [0.1, 0.15) is 24.5 Å². The van der Waals surface area contributed by atoms with Gasteiger partial charge in [0, 0.05) is 13.1 Å². The van der Waals surface area contributed by atoms with Gasteiger partial charge in [0.2, 0.25) is 10.0 Å². The van der Waals surface area contributed by atoms with Crippen LogP contribution in [-0.4, -0.2) is 25.8 Å². The summed E-state index contributed by atoms with van der Waals surface area (Å²) in [7, 11) is -3.57. The minimum Gasteiger partial charge on any atom is -0.398 e. The summed E-state index contributed by atoms with van der Waals surface area (Å²) >= 11 is 0. The van der Waals surface area contributed by atoms with E-state index < -0.39 is 10.0 Å². The molecule has 106 valence electrons. The SMILES string of the molecule is C=CCN(CCC)S(=O)(=O)c1c(N)ccc(C)c1C. The molecular weight excluding hydrogens is 260 g/mol. The predicted molar refractivity (Wildman–Crippen MR) is 79.6 cm³/mol. The van der Waals surface area contributed by atoms with Crippen LogP contribution in [0.4, 0.5) is 5.69 Å². The van der Waals surface area contributed by atoms with Crippen LogP contribution in [0.3, 0.4) is 0 Å². The zero-order valence-electron chi connectivity index (χ0n) is 11.8. The maximum Gasteiger partial charge on any atom is 0.245 e. The van der Waals surface area contributed by atoms with Crippen molar-refractivity contribution in [3.63, 3.8) is 0 Å². The van der Waals surface area contributed by atoms with Gasteiger partial charge in [0.05, 0.1) is 5.69 Å². The number of rotatable bonds is 6. The number of sulfonamides is 1. The highest BCUT2D eigenvalue weighted by Crippen LogP contribution is 2.28. The van der Waals surface area contributed by atoms with Gasteiger partial charge in [-0.2, -0.15) is 4.31 Å². The molecule has 1 aromatic carbocycles. The van der Waals surface area contributed by atoms with Gasteiger partial charge in [-0.05, 0) is 37.5 Å². The summed E-state index contributed by atoms with van der Waals surface area (Å²) in [6, 6.07) is 3.48. The first-order chi connectivity index (χ1) is 8.86. The number of nitrogen functional groups attached to an aromatic ring is 1. The van der Waals surface area contributed by atoms with Crippen molar-refractivity contribution in [1.29, 1.82) is 0 Å². The molecule has 0 saturated heterocycles. The van der Waals surface area contributed by atoms with E-state index in [0.29, 0.717) is 24.3 Å². The second-order valence-electron chi connectivity index (χ2n) is 4.58. The highest BCUT2D eigenvalue weighted by molar-refractivity contribution is 7.89. The molecule has 0 aliphatic carbocycles. The number of hydrogen-bond acceptors (Lipinski definition) is 3. The highest BCUT2D eigenvalue weighted by atomic mass is 32.2. The van der Waals surface area contributed by atoms with Crippen LogP contribution < -0.4 is 5.73 Å². The van der Waals surface area contributed by atoms with E-state index in [9.17, 15) is 8.42 Å². The third-order valence-corrected chi connectivity index (χ3v) is 5.18. The standard InChI is InChI=1S/C14H22N2O2S/c1-5-9-16(10-6-2)19(17,18)14-12(4)11(3)7-8-13(14)15/h5,7-8H,1,6,9-10,15H2,2-4H3. The maximum atomic E-state index is 12.7. The molecule has 1 aromatic rings. The van der Waals surface area contributed by atoms with Crippen LogP contribution in [0, 0.1) is 13.8 Å². The molecule has 2 N–H and O–H groups in total. The lowest BCUT2D eigenvalue weighted by Crippen LogP contribution is -2.33. The van der Waals surface area contributed by atoms with Crippen LogP contribution >= 0.6 is 0 Å². The van der Waals surface area contributed by atoms with E-state index in [2.05, 4.69) is 6.58 Å². The minimum absolute atomic E-state index is 0.225. The van der Waals surface area contributed by atoms with E-state index in [-0.39, 0.29) is 4.90 Å². The first-order valence-corrected chi connectivity index (χ1v) is 7.77. The molecular formula is C14H22N2O2S. The fourth-order valence-electron chi connectivity index (χ4n) is 1.99. The van der Waals surface area contributed by atoms with Crippen molar-refractivity contribution < 1.29 is 8.42 Å². The molecule has 4 nitrogen and oxygen atoms in total. The van der Waals surface area contributed by atoms with Crippen molar-refractivity contribution in [2.75, 3.05) is 18.8 Å². The Morgan fingerprint density at radius 1 is 1.37 bits per heavy atom. The van der Waals surface area contributed by atoms with Gasteiger partial charge in [0.25, 0.3) is 0 Å². The Balaban J connectivity index is 3.41. The normalized spacial score (nSPS) is 11.8. The molecule has 1 rings (SSSR count). The summed E-state index contributed by atoms with van der Waals surface area (Å²) in [5.74, 6) is 0. The van der Waals surface area contributed by atoms with Gasteiger partial charge >= 0.3 is 0 Å². The summed E-state index contributed by atoms with van der Waals surface area (Å²) in [6.07, 6.45) is 2.34. The van der Waals surface area contributed by atoms with Gasteiger partial charge in [0.1, 0.15) is 4.90 Å². The molecule has 0 radical (unpaired) electrons. The summed E-state index contributed by atoms with van der Waals surface area (Å²) in [5.41, 5.74) is 7.81. The lowest BCUT2D eigenvalue weighted by Gasteiger charge is -2.22. The largest absolute Gasteiger partial charge is 0.398 e. The van der Waals surface area contributed by atoms with E-state index in [1.165, 1.54) is 4.31 Å². The Hall–Kier alpha value is -1.33. The number of hydrogen-bond donors (Lipinski definition) is 1. The van der Waals surface area contributed by atoms with Crippen molar-refractivity contribution in [2.45, 2.75) is 32.1 Å². The van der Waals surface area contributed by atoms with Crippen LogP contribution in [0.2, 0.25) is 0 Å². The van der Waals surface area contributed by atoms with Crippen LogP contribution in [0.15, 0.2) is 29.7 Å².